The zero-order chi connectivity index (χ0) is 15.7. The Balaban J connectivity index is 1.73. The Kier molecular flexibility index (Phi) is 3.99. The monoisotopic (exact) mass is 369 g/mol. The van der Waals surface area contributed by atoms with Gasteiger partial charge in [-0.2, -0.15) is 0 Å². The number of ether oxygens (including phenoxy) is 2. The normalized spacial score (nSPS) is 18.2. The largest absolute Gasteiger partial charge is 0.486 e. The van der Waals surface area contributed by atoms with Crippen molar-refractivity contribution in [1.29, 1.82) is 0 Å². The van der Waals surface area contributed by atoms with Crippen LogP contribution in [0.2, 0.25) is 0 Å². The molecule has 0 aromatic heterocycles. The van der Waals surface area contributed by atoms with Crippen LogP contribution in [0, 0.1) is 0 Å². The van der Waals surface area contributed by atoms with E-state index in [-0.39, 0.29) is 12.3 Å². The molecule has 1 aromatic carbocycles. The van der Waals surface area contributed by atoms with Crippen LogP contribution in [0.5, 0.6) is 11.5 Å². The quantitative estimate of drug-likeness (QED) is 0.846. The average molecular weight is 370 g/mol. The Morgan fingerprint density at radius 1 is 1.23 bits per heavy atom. The first-order valence-corrected chi connectivity index (χ1v) is 7.92. The third-order valence-corrected chi connectivity index (χ3v) is 4.80. The summed E-state index contributed by atoms with van der Waals surface area (Å²) in [5.41, 5.74) is -0.348. The third kappa shape index (κ3) is 2.77. The van der Waals surface area contributed by atoms with E-state index in [9.17, 15) is 14.7 Å². The maximum atomic E-state index is 12.2. The molecule has 1 aromatic rings. The van der Waals surface area contributed by atoms with Crippen LogP contribution in [0.15, 0.2) is 16.6 Å². The number of rotatable bonds is 4. The second-order valence-electron chi connectivity index (χ2n) is 5.55. The number of nitrogens with one attached hydrogen (secondary N) is 1. The Bertz CT molecular complexity index is 627. The smallest absolute Gasteiger partial charge is 0.329 e. The van der Waals surface area contributed by atoms with Crippen LogP contribution >= 0.6 is 15.9 Å². The molecule has 1 amide bonds. The SMILES string of the molecule is O=C(Cc1cc2c(cc1Br)OCCO2)NC1(C(=O)O)CCC1. The van der Waals surface area contributed by atoms with Crippen molar-refractivity contribution in [2.45, 2.75) is 31.2 Å². The van der Waals surface area contributed by atoms with E-state index in [1.807, 2.05) is 0 Å². The van der Waals surface area contributed by atoms with E-state index in [1.54, 1.807) is 12.1 Å². The molecule has 1 aliphatic carbocycles. The Morgan fingerprint density at radius 2 is 1.86 bits per heavy atom. The zero-order valence-electron chi connectivity index (χ0n) is 11.9. The molecule has 0 saturated heterocycles. The Morgan fingerprint density at radius 3 is 2.41 bits per heavy atom. The van der Waals surface area contributed by atoms with Crippen LogP contribution in [0.4, 0.5) is 0 Å². The minimum absolute atomic E-state index is 0.0895. The number of fused-ring (bicyclic) bond motifs is 1. The Hall–Kier alpha value is -1.76. The molecular formula is C15H16BrNO5. The van der Waals surface area contributed by atoms with Gasteiger partial charge in [-0.15, -0.1) is 0 Å². The summed E-state index contributed by atoms with van der Waals surface area (Å²) in [5.74, 6) is -0.0232. The van der Waals surface area contributed by atoms with E-state index in [1.165, 1.54) is 0 Å². The minimum Gasteiger partial charge on any atom is -0.486 e. The number of carboxylic acid groups (broad SMARTS) is 1. The summed E-state index contributed by atoms with van der Waals surface area (Å²) in [4.78, 5) is 23.5. The molecule has 7 heteroatoms. The molecule has 0 radical (unpaired) electrons. The average Bonchev–Trinajstić information content (AvgIpc) is 2.43. The second-order valence-corrected chi connectivity index (χ2v) is 6.41. The van der Waals surface area contributed by atoms with E-state index in [2.05, 4.69) is 21.2 Å². The fraction of sp³-hybridized carbons (Fsp3) is 0.467. The van der Waals surface area contributed by atoms with Crippen molar-refractivity contribution in [1.82, 2.24) is 5.32 Å². The third-order valence-electron chi connectivity index (χ3n) is 4.06. The molecule has 0 atom stereocenters. The van der Waals surface area contributed by atoms with Gasteiger partial charge in [0.1, 0.15) is 18.8 Å². The van der Waals surface area contributed by atoms with Crippen LogP contribution in [0.25, 0.3) is 0 Å². The lowest BCUT2D eigenvalue weighted by atomic mass is 9.76. The zero-order valence-corrected chi connectivity index (χ0v) is 13.4. The van der Waals surface area contributed by atoms with Crippen molar-refractivity contribution in [2.75, 3.05) is 13.2 Å². The van der Waals surface area contributed by atoms with Crippen LogP contribution in [0.1, 0.15) is 24.8 Å². The number of carbonyl (C=O) groups is 2. The number of hydrogen-bond donors (Lipinski definition) is 2. The highest BCUT2D eigenvalue weighted by atomic mass is 79.9. The molecule has 118 valence electrons. The molecule has 1 fully saturated rings. The van der Waals surface area contributed by atoms with Crippen LogP contribution in [-0.4, -0.2) is 35.7 Å². The maximum absolute atomic E-state index is 12.2. The number of carboxylic acids is 1. The van der Waals surface area contributed by atoms with Crippen LogP contribution < -0.4 is 14.8 Å². The van der Waals surface area contributed by atoms with Gasteiger partial charge >= 0.3 is 5.97 Å². The van der Waals surface area contributed by atoms with Gasteiger partial charge in [-0.25, -0.2) is 4.79 Å². The summed E-state index contributed by atoms with van der Waals surface area (Å²) in [5, 5.41) is 11.9. The fourth-order valence-electron chi connectivity index (χ4n) is 2.65. The molecule has 3 rings (SSSR count). The highest BCUT2D eigenvalue weighted by Crippen LogP contribution is 2.36. The van der Waals surface area contributed by atoms with Gasteiger partial charge in [0, 0.05) is 4.47 Å². The van der Waals surface area contributed by atoms with Gasteiger partial charge < -0.3 is 19.9 Å². The van der Waals surface area contributed by atoms with Crippen LogP contribution in [-0.2, 0) is 16.0 Å². The standard InChI is InChI=1S/C15H16BrNO5/c16-10-8-12-11(21-4-5-22-12)6-9(10)7-13(18)17-15(14(19)20)2-1-3-15/h6,8H,1-5,7H2,(H,17,18)(H,19,20). The maximum Gasteiger partial charge on any atom is 0.329 e. The molecule has 1 saturated carbocycles. The van der Waals surface area contributed by atoms with Crippen molar-refractivity contribution in [3.05, 3.63) is 22.2 Å². The molecule has 6 nitrogen and oxygen atoms in total. The van der Waals surface area contributed by atoms with Gasteiger partial charge in [0.15, 0.2) is 11.5 Å². The summed E-state index contributed by atoms with van der Waals surface area (Å²) in [6.07, 6.45) is 1.87. The molecule has 0 spiro atoms. The van der Waals surface area contributed by atoms with Crippen molar-refractivity contribution < 1.29 is 24.2 Å². The van der Waals surface area contributed by atoms with E-state index in [0.29, 0.717) is 37.6 Å². The first-order valence-electron chi connectivity index (χ1n) is 7.13. The fourth-order valence-corrected chi connectivity index (χ4v) is 3.11. The lowest BCUT2D eigenvalue weighted by molar-refractivity contribution is -0.151. The number of benzene rings is 1. The van der Waals surface area contributed by atoms with E-state index < -0.39 is 11.5 Å². The first kappa shape index (κ1) is 15.1. The van der Waals surface area contributed by atoms with Gasteiger partial charge in [-0.05, 0) is 37.0 Å². The van der Waals surface area contributed by atoms with E-state index in [0.717, 1.165) is 16.5 Å². The number of carbonyl (C=O) groups excluding carboxylic acids is 1. The minimum atomic E-state index is -1.09. The molecule has 1 heterocycles. The number of aliphatic carboxylic acids is 1. The number of halogens is 1. The van der Waals surface area contributed by atoms with E-state index in [4.69, 9.17) is 9.47 Å². The molecular weight excluding hydrogens is 354 g/mol. The number of hydrogen-bond acceptors (Lipinski definition) is 4. The summed E-state index contributed by atoms with van der Waals surface area (Å²) in [6.45, 7) is 0.975. The summed E-state index contributed by atoms with van der Waals surface area (Å²) in [6, 6.07) is 3.53. The molecule has 22 heavy (non-hydrogen) atoms. The predicted octanol–water partition coefficient (Wildman–Crippen LogP) is 1.89. The molecule has 0 unspecified atom stereocenters. The van der Waals surface area contributed by atoms with Crippen molar-refractivity contribution in [2.24, 2.45) is 0 Å². The molecule has 1 aliphatic heterocycles. The van der Waals surface area contributed by atoms with Crippen LogP contribution in [0.3, 0.4) is 0 Å². The summed E-state index contributed by atoms with van der Waals surface area (Å²) < 4.78 is 11.7. The van der Waals surface area contributed by atoms with Gasteiger partial charge in [-0.1, -0.05) is 15.9 Å². The molecule has 2 aliphatic rings. The van der Waals surface area contributed by atoms with Gasteiger partial charge in [0.2, 0.25) is 5.91 Å². The van der Waals surface area contributed by atoms with Gasteiger partial charge in [-0.3, -0.25) is 4.79 Å². The predicted molar refractivity (Wildman–Crippen MR) is 81.2 cm³/mol. The van der Waals surface area contributed by atoms with Gasteiger partial charge in [0.05, 0.1) is 6.42 Å². The highest BCUT2D eigenvalue weighted by Gasteiger charge is 2.45. The molecule has 2 N–H and O–H groups in total. The first-order chi connectivity index (χ1) is 10.5. The lowest BCUT2D eigenvalue weighted by Gasteiger charge is -2.38. The molecule has 0 bridgehead atoms. The van der Waals surface area contributed by atoms with Crippen molar-refractivity contribution in [3.8, 4) is 11.5 Å². The number of amides is 1. The van der Waals surface area contributed by atoms with Crippen molar-refractivity contribution in [3.63, 3.8) is 0 Å². The van der Waals surface area contributed by atoms with Crippen molar-refractivity contribution >= 4 is 27.8 Å². The van der Waals surface area contributed by atoms with Gasteiger partial charge in [0.25, 0.3) is 0 Å². The Labute approximate surface area is 135 Å². The second kappa shape index (κ2) is 5.79. The van der Waals surface area contributed by atoms with E-state index >= 15 is 0 Å². The summed E-state index contributed by atoms with van der Waals surface area (Å²) in [7, 11) is 0. The summed E-state index contributed by atoms with van der Waals surface area (Å²) >= 11 is 3.41. The lowest BCUT2D eigenvalue weighted by Crippen LogP contribution is -2.59. The topological polar surface area (TPSA) is 84.9 Å². The highest BCUT2D eigenvalue weighted by molar-refractivity contribution is 9.10.